The molecule has 0 saturated carbocycles. The second-order valence-electron chi connectivity index (χ2n) is 5.64. The topological polar surface area (TPSA) is 74.7 Å². The van der Waals surface area contributed by atoms with Crippen LogP contribution >= 0.6 is 23.1 Å². The van der Waals surface area contributed by atoms with Gasteiger partial charge < -0.3 is 5.11 Å². The quantitative estimate of drug-likeness (QED) is 0.908. The number of hydrogen-bond donors (Lipinski definition) is 1. The van der Waals surface area contributed by atoms with Gasteiger partial charge in [0.15, 0.2) is 0 Å². The molecule has 1 aromatic rings. The summed E-state index contributed by atoms with van der Waals surface area (Å²) in [5.41, 5.74) is 0.496. The summed E-state index contributed by atoms with van der Waals surface area (Å²) < 4.78 is 27.0. The van der Waals surface area contributed by atoms with E-state index in [9.17, 15) is 13.2 Å². The van der Waals surface area contributed by atoms with E-state index >= 15 is 0 Å². The van der Waals surface area contributed by atoms with Crippen molar-refractivity contribution in [1.29, 1.82) is 0 Å². The number of carbonyl (C=O) groups is 1. The zero-order chi connectivity index (χ0) is 15.8. The average molecular weight is 349 g/mol. The van der Waals surface area contributed by atoms with Gasteiger partial charge in [0.25, 0.3) is 10.0 Å². The average Bonchev–Trinajstić information content (AvgIpc) is 2.66. The van der Waals surface area contributed by atoms with Gasteiger partial charge in [0.1, 0.15) is 9.09 Å². The van der Waals surface area contributed by atoms with Gasteiger partial charge in [-0.1, -0.05) is 13.8 Å². The molecule has 0 amide bonds. The highest BCUT2D eigenvalue weighted by Gasteiger charge is 2.32. The number of hydrogen-bond acceptors (Lipinski definition) is 5. The summed E-state index contributed by atoms with van der Waals surface area (Å²) in [5.74, 6) is -0.325. The van der Waals surface area contributed by atoms with Crippen LogP contribution in [0, 0.1) is 6.92 Å². The monoisotopic (exact) mass is 349 g/mol. The molecule has 2 heterocycles. The van der Waals surface area contributed by atoms with Crippen molar-refractivity contribution in [2.24, 2.45) is 0 Å². The van der Waals surface area contributed by atoms with Crippen LogP contribution in [0.1, 0.15) is 35.5 Å². The van der Waals surface area contributed by atoms with Crippen molar-refractivity contribution in [3.63, 3.8) is 0 Å². The zero-order valence-electron chi connectivity index (χ0n) is 12.2. The van der Waals surface area contributed by atoms with Gasteiger partial charge in [-0.3, -0.25) is 0 Å². The van der Waals surface area contributed by atoms with Crippen molar-refractivity contribution in [2.45, 2.75) is 36.1 Å². The Kier molecular flexibility index (Phi) is 4.72. The lowest BCUT2D eigenvalue weighted by molar-refractivity contribution is 0.0701. The molecule has 0 bridgehead atoms. The molecule has 0 atom stereocenters. The van der Waals surface area contributed by atoms with E-state index in [-0.39, 0.29) is 13.8 Å². The van der Waals surface area contributed by atoms with E-state index in [1.165, 1.54) is 10.4 Å². The number of nitrogens with zero attached hydrogens (tertiary/aromatic N) is 1. The molecule has 1 aliphatic rings. The molecule has 118 valence electrons. The fourth-order valence-electron chi connectivity index (χ4n) is 2.16. The lowest BCUT2D eigenvalue weighted by Gasteiger charge is -2.22. The van der Waals surface area contributed by atoms with Gasteiger partial charge in [0.05, 0.1) is 0 Å². The highest BCUT2D eigenvalue weighted by molar-refractivity contribution is 8.00. The molecule has 1 aliphatic heterocycles. The number of aryl methyl sites for hydroxylation is 1. The normalized spacial score (nSPS) is 20.1. The van der Waals surface area contributed by atoms with Gasteiger partial charge in [-0.05, 0) is 25.0 Å². The first kappa shape index (κ1) is 16.8. The fourth-order valence-corrected chi connectivity index (χ4v) is 6.35. The molecule has 1 aromatic heterocycles. The van der Waals surface area contributed by atoms with Crippen molar-refractivity contribution in [3.8, 4) is 0 Å². The third-order valence-electron chi connectivity index (χ3n) is 3.48. The van der Waals surface area contributed by atoms with Gasteiger partial charge in [-0.25, -0.2) is 13.2 Å². The van der Waals surface area contributed by atoms with Gasteiger partial charge in [0, 0.05) is 23.6 Å². The molecule has 1 N–H and O–H groups in total. The molecule has 5 nitrogen and oxygen atoms in total. The number of aromatic carboxylic acids is 1. The SMILES string of the molecule is Cc1cc(S(=O)(=O)N2CCSC(C)(C)CC2)sc1C(=O)O. The third-order valence-corrected chi connectivity index (χ3v) is 8.43. The summed E-state index contributed by atoms with van der Waals surface area (Å²) in [6, 6.07) is 1.46. The molecule has 0 aromatic carbocycles. The Bertz CT molecular complexity index is 648. The summed E-state index contributed by atoms with van der Waals surface area (Å²) >= 11 is 2.61. The van der Waals surface area contributed by atoms with E-state index in [1.807, 2.05) is 0 Å². The molecule has 2 rings (SSSR count). The Morgan fingerprint density at radius 1 is 1.38 bits per heavy atom. The van der Waals surface area contributed by atoms with Crippen molar-refractivity contribution in [2.75, 3.05) is 18.8 Å². The highest BCUT2D eigenvalue weighted by Crippen LogP contribution is 2.34. The lowest BCUT2D eigenvalue weighted by atomic mass is 10.1. The maximum absolute atomic E-state index is 12.7. The molecule has 0 unspecified atom stereocenters. The van der Waals surface area contributed by atoms with Gasteiger partial charge in [-0.2, -0.15) is 16.1 Å². The minimum atomic E-state index is -3.60. The third kappa shape index (κ3) is 3.61. The predicted molar refractivity (Wildman–Crippen MR) is 85.9 cm³/mol. The fraction of sp³-hybridized carbons (Fsp3) is 0.615. The Hall–Kier alpha value is -0.570. The summed E-state index contributed by atoms with van der Waals surface area (Å²) in [6.07, 6.45) is 0.785. The lowest BCUT2D eigenvalue weighted by Crippen LogP contribution is -2.33. The number of carboxylic acids is 1. The molecular formula is C13H19NO4S3. The van der Waals surface area contributed by atoms with Crippen molar-refractivity contribution < 1.29 is 18.3 Å². The standard InChI is InChI=1S/C13H19NO4S3/c1-9-8-10(20-11(9)12(15)16)21(17,18)14-5-4-13(2,3)19-7-6-14/h8H,4-7H2,1-3H3,(H,15,16). The van der Waals surface area contributed by atoms with Crippen LogP contribution in [0.4, 0.5) is 0 Å². The minimum Gasteiger partial charge on any atom is -0.477 e. The molecule has 0 aliphatic carbocycles. The summed E-state index contributed by atoms with van der Waals surface area (Å²) in [6.45, 7) is 6.80. The van der Waals surface area contributed by atoms with Gasteiger partial charge in [-0.15, -0.1) is 11.3 Å². The van der Waals surface area contributed by atoms with E-state index in [2.05, 4.69) is 13.8 Å². The number of thiophene rings is 1. The first-order chi connectivity index (χ1) is 9.63. The predicted octanol–water partition coefficient (Wildman–Crippen LogP) is 2.66. The Labute approximate surface area is 133 Å². The summed E-state index contributed by atoms with van der Waals surface area (Å²) in [7, 11) is -3.60. The number of sulfonamides is 1. The van der Waals surface area contributed by atoms with E-state index in [1.54, 1.807) is 18.7 Å². The Balaban J connectivity index is 2.29. The first-order valence-electron chi connectivity index (χ1n) is 6.61. The van der Waals surface area contributed by atoms with Crippen LogP contribution in [-0.2, 0) is 10.0 Å². The van der Waals surface area contributed by atoms with Crippen LogP contribution in [0.15, 0.2) is 10.3 Å². The molecule has 1 fully saturated rings. The summed E-state index contributed by atoms with van der Waals surface area (Å²) in [5, 5.41) is 9.07. The van der Waals surface area contributed by atoms with Crippen molar-refractivity contribution >= 4 is 39.1 Å². The van der Waals surface area contributed by atoms with E-state index in [4.69, 9.17) is 5.11 Å². The maximum atomic E-state index is 12.7. The van der Waals surface area contributed by atoms with Crippen LogP contribution in [0.5, 0.6) is 0 Å². The van der Waals surface area contributed by atoms with Crippen LogP contribution in [-0.4, -0.2) is 47.4 Å². The molecular weight excluding hydrogens is 330 g/mol. The number of thioether (sulfide) groups is 1. The second kappa shape index (κ2) is 5.91. The van der Waals surface area contributed by atoms with Crippen LogP contribution in [0.25, 0.3) is 0 Å². The molecule has 21 heavy (non-hydrogen) atoms. The van der Waals surface area contributed by atoms with Crippen LogP contribution in [0.2, 0.25) is 0 Å². The van der Waals surface area contributed by atoms with E-state index in [0.717, 1.165) is 23.5 Å². The molecule has 8 heteroatoms. The number of carboxylic acid groups (broad SMARTS) is 1. The van der Waals surface area contributed by atoms with Crippen LogP contribution < -0.4 is 0 Å². The number of rotatable bonds is 3. The Morgan fingerprint density at radius 2 is 2.05 bits per heavy atom. The van der Waals surface area contributed by atoms with Crippen LogP contribution in [0.3, 0.4) is 0 Å². The first-order valence-corrected chi connectivity index (χ1v) is 9.85. The van der Waals surface area contributed by atoms with Crippen molar-refractivity contribution in [1.82, 2.24) is 4.31 Å². The van der Waals surface area contributed by atoms with E-state index in [0.29, 0.717) is 18.7 Å². The molecule has 0 radical (unpaired) electrons. The smallest absolute Gasteiger partial charge is 0.346 e. The second-order valence-corrected chi connectivity index (χ2v) is 10.7. The summed E-state index contributed by atoms with van der Waals surface area (Å²) in [4.78, 5) is 11.2. The molecule has 1 saturated heterocycles. The molecule has 0 spiro atoms. The van der Waals surface area contributed by atoms with Crippen molar-refractivity contribution in [3.05, 3.63) is 16.5 Å². The maximum Gasteiger partial charge on any atom is 0.346 e. The Morgan fingerprint density at radius 3 is 2.62 bits per heavy atom. The van der Waals surface area contributed by atoms with E-state index < -0.39 is 16.0 Å². The minimum absolute atomic E-state index is 0.0713. The largest absolute Gasteiger partial charge is 0.477 e. The van der Waals surface area contributed by atoms with Gasteiger partial charge in [0.2, 0.25) is 0 Å². The zero-order valence-corrected chi connectivity index (χ0v) is 14.7. The highest BCUT2D eigenvalue weighted by atomic mass is 32.2. The van der Waals surface area contributed by atoms with Gasteiger partial charge >= 0.3 is 5.97 Å².